The van der Waals surface area contributed by atoms with Crippen molar-refractivity contribution in [3.63, 3.8) is 0 Å². The summed E-state index contributed by atoms with van der Waals surface area (Å²) in [6.45, 7) is 4.79. The average Bonchev–Trinajstić information content (AvgIpc) is 3.31. The van der Waals surface area contributed by atoms with Gasteiger partial charge in [-0.2, -0.15) is 0 Å². The number of nitrogens with zero attached hydrogens (tertiary/aromatic N) is 2. The van der Waals surface area contributed by atoms with Gasteiger partial charge < -0.3 is 15.0 Å². The van der Waals surface area contributed by atoms with E-state index >= 15 is 0 Å². The van der Waals surface area contributed by atoms with E-state index in [2.05, 4.69) is 35.5 Å². The summed E-state index contributed by atoms with van der Waals surface area (Å²) in [5.41, 5.74) is 2.33. The molecule has 1 unspecified atom stereocenters. The molecule has 0 spiro atoms. The fourth-order valence-electron chi connectivity index (χ4n) is 2.99. The molecule has 1 aliphatic carbocycles. The van der Waals surface area contributed by atoms with Crippen molar-refractivity contribution in [3.8, 4) is 0 Å². The summed E-state index contributed by atoms with van der Waals surface area (Å²) in [5.74, 6) is 0.684. The first-order valence-corrected chi connectivity index (χ1v) is 8.24. The van der Waals surface area contributed by atoms with Crippen molar-refractivity contribution in [1.82, 2.24) is 15.2 Å². The molecule has 2 fully saturated rings. The SMILES string of the molecule is CN(Cc1cccc(CNC2CC2)n1)CC1CCCOC1. The number of nitrogens with one attached hydrogen (secondary N) is 1. The lowest BCUT2D eigenvalue weighted by Gasteiger charge is -2.26. The molecule has 1 atom stereocenters. The molecule has 0 aromatic carbocycles. The summed E-state index contributed by atoms with van der Waals surface area (Å²) in [7, 11) is 2.19. The van der Waals surface area contributed by atoms with E-state index in [1.165, 1.54) is 31.4 Å². The van der Waals surface area contributed by atoms with Gasteiger partial charge in [0.15, 0.2) is 0 Å². The minimum atomic E-state index is 0.684. The maximum atomic E-state index is 5.56. The lowest BCUT2D eigenvalue weighted by atomic mass is 10.0. The minimum absolute atomic E-state index is 0.684. The van der Waals surface area contributed by atoms with Gasteiger partial charge in [-0.3, -0.25) is 4.98 Å². The van der Waals surface area contributed by atoms with Crippen LogP contribution in [0.4, 0.5) is 0 Å². The Morgan fingerprint density at radius 3 is 2.90 bits per heavy atom. The Hall–Kier alpha value is -0.970. The maximum Gasteiger partial charge on any atom is 0.0547 e. The quantitative estimate of drug-likeness (QED) is 0.835. The molecule has 1 saturated heterocycles. The van der Waals surface area contributed by atoms with Crippen LogP contribution in [0.15, 0.2) is 18.2 Å². The summed E-state index contributed by atoms with van der Waals surface area (Å²) in [6.07, 6.45) is 5.15. The van der Waals surface area contributed by atoms with Crippen LogP contribution in [0.1, 0.15) is 37.1 Å². The van der Waals surface area contributed by atoms with Gasteiger partial charge in [-0.1, -0.05) is 6.07 Å². The molecule has 21 heavy (non-hydrogen) atoms. The fraction of sp³-hybridized carbons (Fsp3) is 0.706. The van der Waals surface area contributed by atoms with Crippen molar-refractivity contribution in [1.29, 1.82) is 0 Å². The molecule has 1 aliphatic heterocycles. The molecule has 1 aromatic heterocycles. The Morgan fingerprint density at radius 2 is 2.14 bits per heavy atom. The predicted molar refractivity (Wildman–Crippen MR) is 84.0 cm³/mol. The third-order valence-corrected chi connectivity index (χ3v) is 4.27. The monoisotopic (exact) mass is 289 g/mol. The van der Waals surface area contributed by atoms with Crippen LogP contribution in [0.3, 0.4) is 0 Å². The Labute approximate surface area is 127 Å². The van der Waals surface area contributed by atoms with Crippen LogP contribution in [0.2, 0.25) is 0 Å². The second kappa shape index (κ2) is 7.34. The lowest BCUT2D eigenvalue weighted by molar-refractivity contribution is 0.0410. The van der Waals surface area contributed by atoms with Crippen LogP contribution in [0, 0.1) is 5.92 Å². The zero-order valence-corrected chi connectivity index (χ0v) is 13.1. The molecule has 4 nitrogen and oxygen atoms in total. The van der Waals surface area contributed by atoms with Gasteiger partial charge in [0.05, 0.1) is 18.0 Å². The summed E-state index contributed by atoms with van der Waals surface area (Å²) in [5, 5.41) is 3.53. The molecule has 0 amide bonds. The smallest absolute Gasteiger partial charge is 0.0547 e. The number of hydrogen-bond acceptors (Lipinski definition) is 4. The highest BCUT2D eigenvalue weighted by atomic mass is 16.5. The zero-order valence-electron chi connectivity index (χ0n) is 13.1. The normalized spacial score (nSPS) is 22.7. The Bertz CT molecular complexity index is 441. The Balaban J connectivity index is 1.47. The molecule has 2 heterocycles. The highest BCUT2D eigenvalue weighted by molar-refractivity contribution is 5.11. The van der Waals surface area contributed by atoms with Gasteiger partial charge in [0.2, 0.25) is 0 Å². The van der Waals surface area contributed by atoms with Gasteiger partial charge >= 0.3 is 0 Å². The predicted octanol–water partition coefficient (Wildman–Crippen LogP) is 2.19. The van der Waals surface area contributed by atoms with E-state index in [0.29, 0.717) is 5.92 Å². The van der Waals surface area contributed by atoms with Crippen LogP contribution in [0.5, 0.6) is 0 Å². The third kappa shape index (κ3) is 5.06. The molecule has 116 valence electrons. The largest absolute Gasteiger partial charge is 0.381 e. The van der Waals surface area contributed by atoms with Crippen molar-refractivity contribution in [2.24, 2.45) is 5.92 Å². The summed E-state index contributed by atoms with van der Waals surface area (Å²) >= 11 is 0. The first kappa shape index (κ1) is 14.9. The van der Waals surface area contributed by atoms with Crippen LogP contribution >= 0.6 is 0 Å². The number of aromatic nitrogens is 1. The van der Waals surface area contributed by atoms with Crippen molar-refractivity contribution in [3.05, 3.63) is 29.6 Å². The highest BCUT2D eigenvalue weighted by Gasteiger charge is 2.20. The Morgan fingerprint density at radius 1 is 1.29 bits per heavy atom. The first-order valence-electron chi connectivity index (χ1n) is 8.24. The van der Waals surface area contributed by atoms with E-state index in [9.17, 15) is 0 Å². The fourth-order valence-corrected chi connectivity index (χ4v) is 2.99. The molecule has 3 rings (SSSR count). The molecule has 4 heteroatoms. The number of ether oxygens (including phenoxy) is 1. The van der Waals surface area contributed by atoms with Crippen molar-refractivity contribution in [2.75, 3.05) is 26.8 Å². The van der Waals surface area contributed by atoms with E-state index in [4.69, 9.17) is 9.72 Å². The molecular weight excluding hydrogens is 262 g/mol. The van der Waals surface area contributed by atoms with Crippen LogP contribution in [-0.2, 0) is 17.8 Å². The van der Waals surface area contributed by atoms with E-state index < -0.39 is 0 Å². The van der Waals surface area contributed by atoms with E-state index in [1.54, 1.807) is 0 Å². The van der Waals surface area contributed by atoms with Crippen molar-refractivity contribution in [2.45, 2.75) is 44.8 Å². The highest BCUT2D eigenvalue weighted by Crippen LogP contribution is 2.19. The first-order chi connectivity index (χ1) is 10.3. The average molecular weight is 289 g/mol. The molecule has 1 saturated carbocycles. The van der Waals surface area contributed by atoms with E-state index in [0.717, 1.165) is 44.6 Å². The summed E-state index contributed by atoms with van der Waals surface area (Å²) in [6, 6.07) is 7.12. The van der Waals surface area contributed by atoms with Gasteiger partial charge in [-0.05, 0) is 50.8 Å². The molecular formula is C17H27N3O. The maximum absolute atomic E-state index is 5.56. The van der Waals surface area contributed by atoms with E-state index in [-0.39, 0.29) is 0 Å². The van der Waals surface area contributed by atoms with Gasteiger partial charge in [-0.25, -0.2) is 0 Å². The van der Waals surface area contributed by atoms with Crippen molar-refractivity contribution >= 4 is 0 Å². The van der Waals surface area contributed by atoms with Gasteiger partial charge in [0.1, 0.15) is 0 Å². The molecule has 1 aromatic rings. The lowest BCUT2D eigenvalue weighted by Crippen LogP contribution is -2.30. The number of pyridine rings is 1. The second-order valence-electron chi connectivity index (χ2n) is 6.56. The van der Waals surface area contributed by atoms with Crippen molar-refractivity contribution < 1.29 is 4.74 Å². The molecule has 2 aliphatic rings. The van der Waals surface area contributed by atoms with E-state index in [1.807, 2.05) is 0 Å². The minimum Gasteiger partial charge on any atom is -0.381 e. The number of hydrogen-bond donors (Lipinski definition) is 1. The summed E-state index contributed by atoms with van der Waals surface area (Å²) < 4.78 is 5.56. The summed E-state index contributed by atoms with van der Waals surface area (Å²) in [4.78, 5) is 7.14. The molecule has 1 N–H and O–H groups in total. The van der Waals surface area contributed by atoms with Crippen LogP contribution in [0.25, 0.3) is 0 Å². The zero-order chi connectivity index (χ0) is 14.5. The Kier molecular flexibility index (Phi) is 5.22. The van der Waals surface area contributed by atoms with Gasteiger partial charge in [-0.15, -0.1) is 0 Å². The third-order valence-electron chi connectivity index (χ3n) is 4.27. The van der Waals surface area contributed by atoms with Gasteiger partial charge in [0, 0.05) is 32.3 Å². The molecule has 0 bridgehead atoms. The second-order valence-corrected chi connectivity index (χ2v) is 6.56. The van der Waals surface area contributed by atoms with Gasteiger partial charge in [0.25, 0.3) is 0 Å². The molecule has 0 radical (unpaired) electrons. The topological polar surface area (TPSA) is 37.4 Å². The number of rotatable bonds is 7. The van der Waals surface area contributed by atoms with Crippen LogP contribution in [-0.4, -0.2) is 42.7 Å². The van der Waals surface area contributed by atoms with Crippen LogP contribution < -0.4 is 5.32 Å². The standard InChI is InChI=1S/C17H27N3O/c1-20(11-14-4-3-9-21-13-14)12-17-6-2-5-16(19-17)10-18-15-7-8-15/h2,5-6,14-15,18H,3-4,7-13H2,1H3.